The number of carboxylic acids is 1. The first-order chi connectivity index (χ1) is 13.1. The fraction of sp³-hybridized carbons (Fsp3) is 0.455. The Balaban J connectivity index is 1.47. The molecule has 142 valence electrons. The first-order valence-electron chi connectivity index (χ1n) is 9.77. The number of carbonyl (C=O) groups excluding carboxylic acids is 1. The Kier molecular flexibility index (Phi) is 5.04. The van der Waals surface area contributed by atoms with Gasteiger partial charge in [0.1, 0.15) is 0 Å². The molecule has 0 spiro atoms. The normalized spacial score (nSPS) is 18.1. The molecule has 1 heterocycles. The predicted octanol–water partition coefficient (Wildman–Crippen LogP) is 4.61. The highest BCUT2D eigenvalue weighted by Gasteiger charge is 2.45. The summed E-state index contributed by atoms with van der Waals surface area (Å²) in [7, 11) is 0. The average molecular weight is 384 g/mol. The molecule has 4 nitrogen and oxygen atoms in total. The van der Waals surface area contributed by atoms with Gasteiger partial charge >= 0.3 is 5.97 Å². The van der Waals surface area contributed by atoms with Crippen molar-refractivity contribution in [3.05, 3.63) is 51.9 Å². The number of thiophene rings is 1. The molecule has 0 unspecified atom stereocenters. The molecule has 1 aromatic carbocycles. The Morgan fingerprint density at radius 3 is 2.33 bits per heavy atom. The Labute approximate surface area is 163 Å². The number of rotatable bonds is 4. The van der Waals surface area contributed by atoms with E-state index in [9.17, 15) is 14.7 Å². The lowest BCUT2D eigenvalue weighted by Gasteiger charge is -2.22. The van der Waals surface area contributed by atoms with Crippen LogP contribution in [0.25, 0.3) is 0 Å². The van der Waals surface area contributed by atoms with Gasteiger partial charge < -0.3 is 10.4 Å². The van der Waals surface area contributed by atoms with E-state index in [1.165, 1.54) is 36.1 Å². The Morgan fingerprint density at radius 2 is 1.67 bits per heavy atom. The summed E-state index contributed by atoms with van der Waals surface area (Å²) in [5.41, 5.74) is 2.43. The zero-order valence-corrected chi connectivity index (χ0v) is 16.2. The fourth-order valence-electron chi connectivity index (χ4n) is 4.44. The number of fused-ring (bicyclic) bond motifs is 2. The topological polar surface area (TPSA) is 66.4 Å². The number of nitrogens with one attached hydrogen (secondary N) is 1. The smallest absolute Gasteiger partial charge is 0.310 e. The lowest BCUT2D eigenvalue weighted by Crippen LogP contribution is -2.36. The fourth-order valence-corrected chi connectivity index (χ4v) is 5.61. The maximum Gasteiger partial charge on any atom is 0.310 e. The van der Waals surface area contributed by atoms with Crippen molar-refractivity contribution in [2.24, 2.45) is 5.41 Å². The lowest BCUT2D eigenvalue weighted by molar-refractivity contribution is -0.150. The van der Waals surface area contributed by atoms with Crippen molar-refractivity contribution in [2.45, 2.75) is 57.8 Å². The summed E-state index contributed by atoms with van der Waals surface area (Å²) in [5, 5.41) is 13.7. The third kappa shape index (κ3) is 3.79. The number of aryl methyl sites for hydroxylation is 2. The van der Waals surface area contributed by atoms with Gasteiger partial charge in [0.15, 0.2) is 0 Å². The van der Waals surface area contributed by atoms with Crippen LogP contribution >= 0.6 is 11.3 Å². The molecule has 4 rings (SSSR count). The third-order valence-corrected chi connectivity index (χ3v) is 7.04. The van der Waals surface area contributed by atoms with Crippen molar-refractivity contribution in [1.82, 2.24) is 0 Å². The van der Waals surface area contributed by atoms with Gasteiger partial charge in [-0.15, -0.1) is 11.3 Å². The minimum atomic E-state index is -1.03. The number of carbonyl (C=O) groups is 2. The summed E-state index contributed by atoms with van der Waals surface area (Å²) in [5.74, 6) is -1.08. The van der Waals surface area contributed by atoms with Gasteiger partial charge in [0, 0.05) is 11.3 Å². The van der Waals surface area contributed by atoms with Crippen molar-refractivity contribution >= 4 is 28.2 Å². The maximum atomic E-state index is 12.7. The Morgan fingerprint density at radius 1 is 1.00 bits per heavy atom. The third-order valence-electron chi connectivity index (χ3n) is 5.89. The van der Waals surface area contributed by atoms with E-state index in [-0.39, 0.29) is 12.3 Å². The monoisotopic (exact) mass is 383 g/mol. The quantitative estimate of drug-likeness (QED) is 0.810. The van der Waals surface area contributed by atoms with Gasteiger partial charge in [0.05, 0.1) is 10.4 Å². The maximum absolute atomic E-state index is 12.7. The number of carboxylic acid groups (broad SMARTS) is 1. The van der Waals surface area contributed by atoms with Gasteiger partial charge in [-0.3, -0.25) is 9.59 Å². The van der Waals surface area contributed by atoms with Crippen LogP contribution in [0.15, 0.2) is 30.3 Å². The molecule has 2 aromatic rings. The average Bonchev–Trinajstić information content (AvgIpc) is 3.16. The predicted molar refractivity (Wildman–Crippen MR) is 107 cm³/mol. The van der Waals surface area contributed by atoms with Crippen LogP contribution in [-0.2, 0) is 35.3 Å². The van der Waals surface area contributed by atoms with E-state index in [0.717, 1.165) is 29.0 Å². The van der Waals surface area contributed by atoms with Crippen LogP contribution in [0.2, 0.25) is 0 Å². The minimum Gasteiger partial charge on any atom is -0.481 e. The molecule has 2 N–H and O–H groups in total. The summed E-state index contributed by atoms with van der Waals surface area (Å²) in [6.07, 6.45) is 8.00. The van der Waals surface area contributed by atoms with E-state index in [2.05, 4.69) is 11.4 Å². The Hall–Kier alpha value is -2.14. The number of anilines is 1. The number of hydrogen-bond acceptors (Lipinski definition) is 3. The SMILES string of the molecule is O=C(CC1(C(=O)O)Cc2ccccc2C1)Nc1cc2c(s1)CCCCCC2. The molecule has 0 bridgehead atoms. The summed E-state index contributed by atoms with van der Waals surface area (Å²) in [6.45, 7) is 0. The molecule has 2 aliphatic rings. The molecule has 0 aliphatic heterocycles. The van der Waals surface area contributed by atoms with E-state index < -0.39 is 11.4 Å². The molecule has 0 saturated heterocycles. The van der Waals surface area contributed by atoms with Crippen LogP contribution in [-0.4, -0.2) is 17.0 Å². The number of aliphatic carboxylic acids is 1. The van der Waals surface area contributed by atoms with E-state index in [0.29, 0.717) is 12.8 Å². The number of hydrogen-bond donors (Lipinski definition) is 2. The molecular weight excluding hydrogens is 358 g/mol. The van der Waals surface area contributed by atoms with Gasteiger partial charge in [-0.1, -0.05) is 37.1 Å². The van der Waals surface area contributed by atoms with Crippen LogP contribution in [0.3, 0.4) is 0 Å². The van der Waals surface area contributed by atoms with Gasteiger partial charge in [-0.05, 0) is 61.3 Å². The molecule has 2 aliphatic carbocycles. The second kappa shape index (κ2) is 7.47. The summed E-state index contributed by atoms with van der Waals surface area (Å²) >= 11 is 1.66. The summed E-state index contributed by atoms with van der Waals surface area (Å²) in [4.78, 5) is 26.1. The molecule has 1 amide bonds. The van der Waals surface area contributed by atoms with Crippen molar-refractivity contribution in [1.29, 1.82) is 0 Å². The molecular formula is C22H25NO3S. The number of benzene rings is 1. The zero-order chi connectivity index (χ0) is 18.9. The largest absolute Gasteiger partial charge is 0.481 e. The first kappa shape index (κ1) is 18.2. The van der Waals surface area contributed by atoms with E-state index in [1.807, 2.05) is 24.3 Å². The van der Waals surface area contributed by atoms with E-state index in [4.69, 9.17) is 0 Å². The van der Waals surface area contributed by atoms with Gasteiger partial charge in [-0.2, -0.15) is 0 Å². The van der Waals surface area contributed by atoms with Crippen molar-refractivity contribution < 1.29 is 14.7 Å². The molecule has 0 atom stereocenters. The lowest BCUT2D eigenvalue weighted by atomic mass is 9.81. The highest BCUT2D eigenvalue weighted by molar-refractivity contribution is 7.16. The summed E-state index contributed by atoms with van der Waals surface area (Å²) in [6, 6.07) is 9.89. The molecule has 27 heavy (non-hydrogen) atoms. The second-order valence-corrected chi connectivity index (χ2v) is 9.04. The molecule has 0 radical (unpaired) electrons. The van der Waals surface area contributed by atoms with Crippen LogP contribution in [0, 0.1) is 5.41 Å². The van der Waals surface area contributed by atoms with Crippen molar-refractivity contribution in [3.63, 3.8) is 0 Å². The number of amides is 1. The summed E-state index contributed by atoms with van der Waals surface area (Å²) < 4.78 is 0. The van der Waals surface area contributed by atoms with Gasteiger partial charge in [0.2, 0.25) is 5.91 Å². The van der Waals surface area contributed by atoms with Crippen LogP contribution in [0.5, 0.6) is 0 Å². The van der Waals surface area contributed by atoms with E-state index >= 15 is 0 Å². The van der Waals surface area contributed by atoms with Gasteiger partial charge in [0.25, 0.3) is 0 Å². The van der Waals surface area contributed by atoms with Gasteiger partial charge in [-0.25, -0.2) is 0 Å². The molecule has 0 fully saturated rings. The van der Waals surface area contributed by atoms with Crippen LogP contribution < -0.4 is 5.32 Å². The minimum absolute atomic E-state index is 0.0135. The zero-order valence-electron chi connectivity index (χ0n) is 15.4. The van der Waals surface area contributed by atoms with Crippen LogP contribution in [0.4, 0.5) is 5.00 Å². The molecule has 5 heteroatoms. The first-order valence-corrected chi connectivity index (χ1v) is 10.6. The van der Waals surface area contributed by atoms with Crippen molar-refractivity contribution in [2.75, 3.05) is 5.32 Å². The molecule has 0 saturated carbocycles. The van der Waals surface area contributed by atoms with Crippen LogP contribution in [0.1, 0.15) is 53.7 Å². The highest BCUT2D eigenvalue weighted by atomic mass is 32.1. The highest BCUT2D eigenvalue weighted by Crippen LogP contribution is 2.40. The van der Waals surface area contributed by atoms with Crippen molar-refractivity contribution in [3.8, 4) is 0 Å². The molecule has 1 aromatic heterocycles. The standard InChI is InChI=1S/C22H25NO3S/c24-19(23-20-11-15-7-3-1-2-4-10-18(15)27-20)14-22(21(25)26)12-16-8-5-6-9-17(16)13-22/h5-6,8-9,11H,1-4,7,10,12-14H2,(H,23,24)(H,25,26). The Bertz CT molecular complexity index is 820. The second-order valence-electron chi connectivity index (χ2n) is 7.91. The van der Waals surface area contributed by atoms with E-state index in [1.54, 1.807) is 11.3 Å².